The summed E-state index contributed by atoms with van der Waals surface area (Å²) in [7, 11) is 0. The van der Waals surface area contributed by atoms with Gasteiger partial charge in [-0.15, -0.1) is 0 Å². The van der Waals surface area contributed by atoms with Crippen LogP contribution in [0, 0.1) is 20.2 Å². The summed E-state index contributed by atoms with van der Waals surface area (Å²) in [5.41, 5.74) is 1.50. The monoisotopic (exact) mass is 286 g/mol. The van der Waals surface area contributed by atoms with Crippen LogP contribution in [-0.4, -0.2) is 9.85 Å². The van der Waals surface area contributed by atoms with E-state index in [4.69, 9.17) is 0 Å². The van der Waals surface area contributed by atoms with Crippen molar-refractivity contribution in [1.82, 2.24) is 0 Å². The molecule has 0 aliphatic heterocycles. The van der Waals surface area contributed by atoms with E-state index in [2.05, 4.69) is 0 Å². The van der Waals surface area contributed by atoms with Crippen molar-refractivity contribution in [2.24, 2.45) is 0 Å². The molecule has 0 atom stereocenters. The van der Waals surface area contributed by atoms with Crippen molar-refractivity contribution in [3.8, 4) is 0 Å². The quantitative estimate of drug-likeness (QED) is 0.598. The van der Waals surface area contributed by atoms with E-state index >= 15 is 0 Å². The molecule has 0 aliphatic rings. The molecule has 21 heavy (non-hydrogen) atoms. The Hall–Kier alpha value is -2.76. The standard InChI is InChI=1S/C15H14N2O4/c18-16(19)14-10-3-1-6-12(14)8-5-9-13-7-2-4-11-15(13)17(20)21/h1-4,6-7,10-11H,5,8-9H2. The lowest BCUT2D eigenvalue weighted by Crippen LogP contribution is -1.98. The van der Waals surface area contributed by atoms with Crippen LogP contribution in [0.15, 0.2) is 48.5 Å². The lowest BCUT2D eigenvalue weighted by molar-refractivity contribution is -0.385. The van der Waals surface area contributed by atoms with Crippen molar-refractivity contribution in [3.05, 3.63) is 79.9 Å². The number of hydrogen-bond acceptors (Lipinski definition) is 4. The average molecular weight is 286 g/mol. The van der Waals surface area contributed by atoms with Crippen LogP contribution in [0.4, 0.5) is 11.4 Å². The van der Waals surface area contributed by atoms with E-state index in [1.54, 1.807) is 36.4 Å². The second kappa shape index (κ2) is 6.60. The SMILES string of the molecule is O=[N+]([O-])c1ccccc1CCCc1ccccc1[N+](=O)[O-]. The molecular weight excluding hydrogens is 272 g/mol. The van der Waals surface area contributed by atoms with E-state index in [0.29, 0.717) is 30.4 Å². The maximum atomic E-state index is 10.9. The van der Waals surface area contributed by atoms with Crippen LogP contribution in [0.3, 0.4) is 0 Å². The maximum absolute atomic E-state index is 10.9. The molecule has 0 fully saturated rings. The Morgan fingerprint density at radius 2 is 1.10 bits per heavy atom. The summed E-state index contributed by atoms with van der Waals surface area (Å²) < 4.78 is 0. The Kier molecular flexibility index (Phi) is 4.61. The Balaban J connectivity index is 2.06. The summed E-state index contributed by atoms with van der Waals surface area (Å²) in [6, 6.07) is 13.2. The zero-order chi connectivity index (χ0) is 15.2. The highest BCUT2D eigenvalue weighted by molar-refractivity contribution is 5.41. The van der Waals surface area contributed by atoms with Gasteiger partial charge in [0.2, 0.25) is 0 Å². The highest BCUT2D eigenvalue weighted by atomic mass is 16.6. The number of hydrogen-bond donors (Lipinski definition) is 0. The number of nitro groups is 2. The molecule has 6 heteroatoms. The van der Waals surface area contributed by atoms with Gasteiger partial charge in [0.25, 0.3) is 11.4 Å². The third-order valence-electron chi connectivity index (χ3n) is 3.27. The van der Waals surface area contributed by atoms with Crippen LogP contribution in [0.1, 0.15) is 17.5 Å². The highest BCUT2D eigenvalue weighted by Crippen LogP contribution is 2.23. The van der Waals surface area contributed by atoms with Crippen molar-refractivity contribution in [2.75, 3.05) is 0 Å². The lowest BCUT2D eigenvalue weighted by atomic mass is 10.0. The van der Waals surface area contributed by atoms with Gasteiger partial charge < -0.3 is 0 Å². The summed E-state index contributed by atoms with van der Waals surface area (Å²) in [5.74, 6) is 0. The van der Waals surface area contributed by atoms with Crippen LogP contribution in [0.2, 0.25) is 0 Å². The number of para-hydroxylation sites is 2. The third-order valence-corrected chi connectivity index (χ3v) is 3.27. The van der Waals surface area contributed by atoms with Crippen LogP contribution in [-0.2, 0) is 12.8 Å². The molecule has 0 amide bonds. The van der Waals surface area contributed by atoms with E-state index < -0.39 is 9.85 Å². The number of benzene rings is 2. The molecule has 0 radical (unpaired) electrons. The summed E-state index contributed by atoms with van der Waals surface area (Å²) in [6.07, 6.45) is 1.65. The van der Waals surface area contributed by atoms with Gasteiger partial charge in [-0.2, -0.15) is 0 Å². The van der Waals surface area contributed by atoms with Crippen LogP contribution in [0.25, 0.3) is 0 Å². The van der Waals surface area contributed by atoms with Crippen molar-refractivity contribution in [3.63, 3.8) is 0 Å². The van der Waals surface area contributed by atoms with Gasteiger partial charge in [-0.25, -0.2) is 0 Å². The zero-order valence-electron chi connectivity index (χ0n) is 11.3. The minimum Gasteiger partial charge on any atom is -0.258 e. The van der Waals surface area contributed by atoms with Gasteiger partial charge in [0, 0.05) is 23.3 Å². The Bertz CT molecular complexity index is 613. The van der Waals surface area contributed by atoms with Gasteiger partial charge in [0.1, 0.15) is 0 Å². The van der Waals surface area contributed by atoms with Crippen molar-refractivity contribution in [1.29, 1.82) is 0 Å². The first-order valence-electron chi connectivity index (χ1n) is 6.54. The summed E-state index contributed by atoms with van der Waals surface area (Å²) in [5, 5.41) is 21.8. The first-order chi connectivity index (χ1) is 10.1. The van der Waals surface area contributed by atoms with Gasteiger partial charge in [0.05, 0.1) is 9.85 Å². The second-order valence-corrected chi connectivity index (χ2v) is 4.63. The molecule has 0 bridgehead atoms. The molecule has 0 saturated heterocycles. The highest BCUT2D eigenvalue weighted by Gasteiger charge is 2.14. The van der Waals surface area contributed by atoms with E-state index in [1.165, 1.54) is 12.1 Å². The van der Waals surface area contributed by atoms with Crippen molar-refractivity contribution in [2.45, 2.75) is 19.3 Å². The minimum atomic E-state index is -0.402. The molecule has 0 N–H and O–H groups in total. The van der Waals surface area contributed by atoms with E-state index in [0.717, 1.165) is 0 Å². The van der Waals surface area contributed by atoms with Crippen LogP contribution < -0.4 is 0 Å². The smallest absolute Gasteiger partial charge is 0.258 e. The van der Waals surface area contributed by atoms with E-state index in [1.807, 2.05) is 0 Å². The molecule has 108 valence electrons. The summed E-state index contributed by atoms with van der Waals surface area (Å²) >= 11 is 0. The molecule has 0 heterocycles. The van der Waals surface area contributed by atoms with Gasteiger partial charge >= 0.3 is 0 Å². The van der Waals surface area contributed by atoms with E-state index in [-0.39, 0.29) is 11.4 Å². The summed E-state index contributed by atoms with van der Waals surface area (Å²) in [6.45, 7) is 0. The number of rotatable bonds is 6. The number of nitrogens with zero attached hydrogens (tertiary/aromatic N) is 2. The first-order valence-corrected chi connectivity index (χ1v) is 6.54. The van der Waals surface area contributed by atoms with Crippen molar-refractivity contribution >= 4 is 11.4 Å². The fourth-order valence-electron chi connectivity index (χ4n) is 2.27. The van der Waals surface area contributed by atoms with Gasteiger partial charge in [-0.3, -0.25) is 20.2 Å². The molecule has 2 aromatic rings. The van der Waals surface area contributed by atoms with Crippen LogP contribution in [0.5, 0.6) is 0 Å². The van der Waals surface area contributed by atoms with Crippen molar-refractivity contribution < 1.29 is 9.85 Å². The van der Waals surface area contributed by atoms with Crippen LogP contribution >= 0.6 is 0 Å². The second-order valence-electron chi connectivity index (χ2n) is 4.63. The summed E-state index contributed by atoms with van der Waals surface area (Å²) in [4.78, 5) is 21.0. The fraction of sp³-hybridized carbons (Fsp3) is 0.200. The van der Waals surface area contributed by atoms with Gasteiger partial charge in [-0.05, 0) is 19.3 Å². The predicted octanol–water partition coefficient (Wildman–Crippen LogP) is 3.68. The molecule has 0 spiro atoms. The number of aryl methyl sites for hydroxylation is 2. The molecule has 0 aromatic heterocycles. The molecule has 2 aromatic carbocycles. The zero-order valence-corrected chi connectivity index (χ0v) is 11.3. The normalized spacial score (nSPS) is 10.3. The molecule has 6 nitrogen and oxygen atoms in total. The van der Waals surface area contributed by atoms with E-state index in [9.17, 15) is 20.2 Å². The first kappa shape index (κ1) is 14.6. The largest absolute Gasteiger partial charge is 0.272 e. The molecule has 0 unspecified atom stereocenters. The Morgan fingerprint density at radius 3 is 1.48 bits per heavy atom. The Morgan fingerprint density at radius 1 is 0.714 bits per heavy atom. The number of nitro benzene ring substituents is 2. The maximum Gasteiger partial charge on any atom is 0.272 e. The topological polar surface area (TPSA) is 86.3 Å². The molecule has 0 saturated carbocycles. The fourth-order valence-corrected chi connectivity index (χ4v) is 2.27. The minimum absolute atomic E-state index is 0.0973. The molecule has 0 aliphatic carbocycles. The van der Waals surface area contributed by atoms with Gasteiger partial charge in [-0.1, -0.05) is 36.4 Å². The molecule has 2 rings (SSSR count). The predicted molar refractivity (Wildman–Crippen MR) is 78.2 cm³/mol. The average Bonchev–Trinajstić information content (AvgIpc) is 2.48. The molecular formula is C15H14N2O4. The third kappa shape index (κ3) is 3.62. The Labute approximate surface area is 121 Å². The lowest BCUT2D eigenvalue weighted by Gasteiger charge is -2.04. The van der Waals surface area contributed by atoms with Gasteiger partial charge in [0.15, 0.2) is 0 Å².